The molecule has 1 aromatic rings. The molecule has 0 aromatic heterocycles. The predicted octanol–water partition coefficient (Wildman–Crippen LogP) is 2.72. The van der Waals surface area contributed by atoms with E-state index in [2.05, 4.69) is 0 Å². The first-order chi connectivity index (χ1) is 5.93. The summed E-state index contributed by atoms with van der Waals surface area (Å²) in [4.78, 5) is 11.0. The summed E-state index contributed by atoms with van der Waals surface area (Å²) < 4.78 is 0. The predicted molar refractivity (Wildman–Crippen MR) is 59.6 cm³/mol. The monoisotopic (exact) mass is 232 g/mol. The molecular weight excluding hydrogens is 223 g/mol. The van der Waals surface area contributed by atoms with E-state index < -0.39 is 12.6 Å². The van der Waals surface area contributed by atoms with Gasteiger partial charge in [-0.2, -0.15) is 11.1 Å². The Labute approximate surface area is 88.4 Å². The van der Waals surface area contributed by atoms with Crippen LogP contribution in [0.15, 0.2) is 24.3 Å². The second kappa shape index (κ2) is 3.82. The average molecular weight is 233 g/mol. The molecule has 0 radical (unpaired) electrons. The van der Waals surface area contributed by atoms with Crippen molar-refractivity contribution in [2.75, 3.05) is 0 Å². The minimum atomic E-state index is -1.97. The molecule has 0 unspecified atom stereocenters. The quantitative estimate of drug-likeness (QED) is 0.436. The van der Waals surface area contributed by atoms with Gasteiger partial charge in [0, 0.05) is 5.56 Å². The van der Waals surface area contributed by atoms with Gasteiger partial charge in [-0.15, -0.1) is 0 Å². The molecule has 0 amide bonds. The zero-order valence-corrected chi connectivity index (χ0v) is 9.99. The molecule has 0 aliphatic rings. The van der Waals surface area contributed by atoms with Gasteiger partial charge in [-0.1, -0.05) is 37.4 Å². The minimum absolute atomic E-state index is 0.433. The average Bonchev–Trinajstić information content (AvgIpc) is 2.03. The molecule has 0 N–H and O–H groups in total. The summed E-state index contributed by atoms with van der Waals surface area (Å²) in [6.07, 6.45) is 0. The Morgan fingerprint density at radius 3 is 2.23 bits per heavy atom. The highest BCUT2D eigenvalue weighted by molar-refractivity contribution is 7.26. The van der Waals surface area contributed by atoms with Crippen molar-refractivity contribution in [1.29, 1.82) is 0 Å². The van der Waals surface area contributed by atoms with Crippen LogP contribution in [0.5, 0.6) is 0 Å². The number of halogens is 2. The van der Waals surface area contributed by atoms with Gasteiger partial charge in [0.25, 0.3) is 5.24 Å². The lowest BCUT2D eigenvalue weighted by Gasteiger charge is -2.15. The number of carbonyl (C=O) groups excluding carboxylic acids is 1. The van der Waals surface area contributed by atoms with E-state index in [0.717, 1.165) is 5.19 Å². The molecule has 0 saturated carbocycles. The molecule has 0 spiro atoms. The van der Waals surface area contributed by atoms with Gasteiger partial charge in [0.15, 0.2) is 7.38 Å². The van der Waals surface area contributed by atoms with E-state index in [-0.39, 0.29) is 0 Å². The zero-order valence-electron chi connectivity index (χ0n) is 7.47. The summed E-state index contributed by atoms with van der Waals surface area (Å²) in [5.41, 5.74) is 0.538. The Hall–Kier alpha value is -0.313. The Morgan fingerprint density at radius 2 is 1.85 bits per heavy atom. The van der Waals surface area contributed by atoms with Crippen LogP contribution in [0.1, 0.15) is 10.4 Å². The van der Waals surface area contributed by atoms with Crippen molar-refractivity contribution in [3.05, 3.63) is 29.8 Å². The first-order valence-corrected chi connectivity index (χ1v) is 8.30. The number of rotatable bonds is 2. The molecule has 1 nitrogen and oxygen atoms in total. The normalized spacial score (nSPS) is 11.4. The van der Waals surface area contributed by atoms with Gasteiger partial charge in [0.1, 0.15) is 0 Å². The van der Waals surface area contributed by atoms with E-state index in [4.69, 9.17) is 22.7 Å². The van der Waals surface area contributed by atoms with Crippen LogP contribution in [0.3, 0.4) is 0 Å². The lowest BCUT2D eigenvalue weighted by molar-refractivity contribution is 0.108. The largest absolute Gasteiger partial charge is 0.276 e. The van der Waals surface area contributed by atoms with Crippen LogP contribution in [0.25, 0.3) is 0 Å². The maximum Gasteiger partial charge on any atom is 0.252 e. The van der Waals surface area contributed by atoms with Crippen molar-refractivity contribution >= 4 is 40.5 Å². The number of hydrogen-bond acceptors (Lipinski definition) is 1. The molecular formula is C9H10Cl2OSi. The maximum absolute atomic E-state index is 11.0. The lowest BCUT2D eigenvalue weighted by Crippen LogP contribution is -2.38. The fraction of sp³-hybridized carbons (Fsp3) is 0.222. The van der Waals surface area contributed by atoms with Crippen LogP contribution in [0.2, 0.25) is 13.1 Å². The minimum Gasteiger partial charge on any atom is -0.276 e. The van der Waals surface area contributed by atoms with Crippen LogP contribution in [-0.2, 0) is 0 Å². The van der Waals surface area contributed by atoms with Gasteiger partial charge in [0.05, 0.1) is 0 Å². The topological polar surface area (TPSA) is 17.1 Å². The molecule has 1 rings (SSSR count). The smallest absolute Gasteiger partial charge is 0.252 e. The Balaban J connectivity index is 3.28. The third-order valence-electron chi connectivity index (χ3n) is 1.78. The molecule has 0 heterocycles. The van der Waals surface area contributed by atoms with Crippen molar-refractivity contribution in [2.45, 2.75) is 13.1 Å². The van der Waals surface area contributed by atoms with Crippen LogP contribution in [0.4, 0.5) is 0 Å². The Kier molecular flexibility index (Phi) is 3.17. The highest BCUT2D eigenvalue weighted by atomic mass is 35.6. The third kappa shape index (κ3) is 2.56. The van der Waals surface area contributed by atoms with E-state index in [1.807, 2.05) is 25.2 Å². The van der Waals surface area contributed by atoms with Crippen molar-refractivity contribution in [3.63, 3.8) is 0 Å². The molecule has 13 heavy (non-hydrogen) atoms. The van der Waals surface area contributed by atoms with Gasteiger partial charge < -0.3 is 0 Å². The number of carbonyl (C=O) groups is 1. The van der Waals surface area contributed by atoms with Crippen LogP contribution in [0, 0.1) is 0 Å². The van der Waals surface area contributed by atoms with E-state index in [1.54, 1.807) is 12.1 Å². The van der Waals surface area contributed by atoms with Gasteiger partial charge in [-0.25, -0.2) is 0 Å². The van der Waals surface area contributed by atoms with Crippen LogP contribution >= 0.6 is 22.7 Å². The van der Waals surface area contributed by atoms with E-state index in [0.29, 0.717) is 5.56 Å². The summed E-state index contributed by atoms with van der Waals surface area (Å²) in [5.74, 6) is 0. The molecule has 1 aromatic carbocycles. The molecule has 0 aliphatic heterocycles. The number of hydrogen-bond donors (Lipinski definition) is 0. The van der Waals surface area contributed by atoms with Crippen molar-refractivity contribution < 1.29 is 4.79 Å². The van der Waals surface area contributed by atoms with Crippen LogP contribution < -0.4 is 5.19 Å². The van der Waals surface area contributed by atoms with E-state index in [9.17, 15) is 4.79 Å². The number of benzene rings is 1. The highest BCUT2D eigenvalue weighted by Crippen LogP contribution is 2.12. The summed E-state index contributed by atoms with van der Waals surface area (Å²) in [7, 11) is -1.97. The van der Waals surface area contributed by atoms with Gasteiger partial charge in [-0.3, -0.25) is 4.79 Å². The highest BCUT2D eigenvalue weighted by Gasteiger charge is 2.24. The van der Waals surface area contributed by atoms with Crippen molar-refractivity contribution in [1.82, 2.24) is 0 Å². The molecule has 0 bridgehead atoms. The molecule has 0 aliphatic carbocycles. The first-order valence-electron chi connectivity index (χ1n) is 3.91. The van der Waals surface area contributed by atoms with Crippen molar-refractivity contribution in [2.24, 2.45) is 0 Å². The fourth-order valence-electron chi connectivity index (χ4n) is 1.17. The van der Waals surface area contributed by atoms with Crippen molar-refractivity contribution in [3.8, 4) is 0 Å². The zero-order chi connectivity index (χ0) is 10.1. The summed E-state index contributed by atoms with van der Waals surface area (Å²) in [6.45, 7) is 3.93. The van der Waals surface area contributed by atoms with E-state index >= 15 is 0 Å². The lowest BCUT2D eigenvalue weighted by atomic mass is 10.2. The summed E-state index contributed by atoms with van der Waals surface area (Å²) >= 11 is 11.7. The van der Waals surface area contributed by atoms with Gasteiger partial charge >= 0.3 is 0 Å². The Bertz CT molecular complexity index is 331. The summed E-state index contributed by atoms with van der Waals surface area (Å²) in [5, 5.41) is 0.466. The Morgan fingerprint density at radius 1 is 1.31 bits per heavy atom. The molecule has 0 fully saturated rings. The standard InChI is InChI=1S/C9H10Cl2OSi/c1-13(2,11)8-6-4-3-5-7(8)9(10)12/h3-6H,1-2H3. The second-order valence-corrected chi connectivity index (χ2v) is 9.95. The molecule has 0 saturated heterocycles. The van der Waals surface area contributed by atoms with E-state index in [1.165, 1.54) is 0 Å². The van der Waals surface area contributed by atoms with Gasteiger partial charge in [0.2, 0.25) is 0 Å². The second-order valence-electron chi connectivity index (χ2n) is 3.29. The van der Waals surface area contributed by atoms with Gasteiger partial charge in [-0.05, 0) is 16.8 Å². The third-order valence-corrected chi connectivity index (χ3v) is 4.31. The fourth-order valence-corrected chi connectivity index (χ4v) is 3.24. The summed E-state index contributed by atoms with van der Waals surface area (Å²) in [6, 6.07) is 7.24. The SMILES string of the molecule is C[Si](C)(Cl)c1ccccc1C(=O)Cl. The van der Waals surface area contributed by atoms with Crippen LogP contribution in [-0.4, -0.2) is 12.6 Å². The maximum atomic E-state index is 11.0. The first kappa shape index (κ1) is 10.8. The molecule has 70 valence electrons. The molecule has 0 atom stereocenters. The molecule has 4 heteroatoms.